The standard InChI is InChI=1S/2H2O4S.H2O/c2*1-5(2,3)4;/h2*(H2,1,2,3,4);1H2. The van der Waals surface area contributed by atoms with Gasteiger partial charge in [0, 0.05) is 0 Å². The van der Waals surface area contributed by atoms with Gasteiger partial charge in [-0.05, 0) is 0 Å². The minimum atomic E-state index is -4.67. The molecule has 0 aromatic carbocycles. The predicted octanol–water partition coefficient (Wildman–Crippen LogP) is -2.13. The van der Waals surface area contributed by atoms with Gasteiger partial charge in [0.25, 0.3) is 0 Å². The van der Waals surface area contributed by atoms with Crippen LogP contribution in [0.1, 0.15) is 0 Å². The summed E-state index contributed by atoms with van der Waals surface area (Å²) in [6, 6.07) is 0. The van der Waals surface area contributed by atoms with E-state index < -0.39 is 20.8 Å². The third kappa shape index (κ3) is 6390. The Kier molecular flexibility index (Phi) is 8.28. The molecule has 0 unspecified atom stereocenters. The van der Waals surface area contributed by atoms with Gasteiger partial charge < -0.3 is 5.48 Å². The highest BCUT2D eigenvalue weighted by Gasteiger charge is 1.85. The average molecular weight is 214 g/mol. The van der Waals surface area contributed by atoms with Gasteiger partial charge in [0.1, 0.15) is 0 Å². The van der Waals surface area contributed by atoms with Crippen LogP contribution in [0.25, 0.3) is 0 Å². The van der Waals surface area contributed by atoms with Crippen LogP contribution in [-0.4, -0.2) is 40.5 Å². The molecule has 0 radical (unpaired) electrons. The van der Waals surface area contributed by atoms with Gasteiger partial charge in [0.15, 0.2) is 0 Å². The number of hydrogen-bond donors (Lipinski definition) is 4. The monoisotopic (exact) mass is 214 g/mol. The SMILES string of the molecule is O.O=S(=O)(O)O.O=S(=O)(O)O. The molecule has 0 bridgehead atoms. The maximum atomic E-state index is 8.74. The van der Waals surface area contributed by atoms with Gasteiger partial charge in [0.2, 0.25) is 0 Å². The largest absolute Gasteiger partial charge is 0.412 e. The molecule has 0 aliphatic rings. The number of hydrogen-bond acceptors (Lipinski definition) is 4. The van der Waals surface area contributed by atoms with E-state index in [-0.39, 0.29) is 5.48 Å². The van der Waals surface area contributed by atoms with E-state index >= 15 is 0 Å². The molecule has 0 saturated heterocycles. The first-order chi connectivity index (χ1) is 4.00. The van der Waals surface area contributed by atoms with Crippen LogP contribution < -0.4 is 0 Å². The third-order valence-electron chi connectivity index (χ3n) is 0. The van der Waals surface area contributed by atoms with Crippen molar-refractivity contribution in [1.82, 2.24) is 0 Å². The summed E-state index contributed by atoms with van der Waals surface area (Å²) in [6.07, 6.45) is 0. The molecule has 72 valence electrons. The molecule has 0 aromatic heterocycles. The molecule has 0 spiro atoms. The summed E-state index contributed by atoms with van der Waals surface area (Å²) in [5.41, 5.74) is 0. The van der Waals surface area contributed by atoms with Crippen molar-refractivity contribution in [1.29, 1.82) is 0 Å². The maximum absolute atomic E-state index is 8.74. The third-order valence-corrected chi connectivity index (χ3v) is 0. The Bertz CT molecular complexity index is 204. The normalized spacial score (nSPS) is 10.5. The van der Waals surface area contributed by atoms with Crippen molar-refractivity contribution in [3.05, 3.63) is 0 Å². The van der Waals surface area contributed by atoms with Crippen molar-refractivity contribution in [2.24, 2.45) is 0 Å². The van der Waals surface area contributed by atoms with E-state index in [1.165, 1.54) is 0 Å². The molecule has 0 aromatic rings. The Balaban J connectivity index is -0.000000107. The summed E-state index contributed by atoms with van der Waals surface area (Å²) < 4.78 is 63.2. The quantitative estimate of drug-likeness (QED) is 0.329. The second-order valence-corrected chi connectivity index (χ2v) is 2.69. The van der Waals surface area contributed by atoms with Gasteiger partial charge in [-0.3, -0.25) is 18.2 Å². The van der Waals surface area contributed by atoms with Gasteiger partial charge in [0.05, 0.1) is 0 Å². The zero-order valence-corrected chi connectivity index (χ0v) is 6.37. The second kappa shape index (κ2) is 5.36. The first kappa shape index (κ1) is 17.0. The Labute approximate surface area is 62.1 Å². The zero-order chi connectivity index (χ0) is 9.00. The van der Waals surface area contributed by atoms with Gasteiger partial charge in [-0.15, -0.1) is 0 Å². The van der Waals surface area contributed by atoms with Crippen LogP contribution in [0.4, 0.5) is 0 Å². The topological polar surface area (TPSA) is 181 Å². The minimum absolute atomic E-state index is 0. The van der Waals surface area contributed by atoms with Crippen LogP contribution in [0.2, 0.25) is 0 Å². The Morgan fingerprint density at radius 2 is 0.636 bits per heavy atom. The van der Waals surface area contributed by atoms with Crippen LogP contribution in [0.3, 0.4) is 0 Å². The highest BCUT2D eigenvalue weighted by molar-refractivity contribution is 7.80. The van der Waals surface area contributed by atoms with E-state index in [2.05, 4.69) is 0 Å². The fourth-order valence-electron chi connectivity index (χ4n) is 0. The van der Waals surface area contributed by atoms with E-state index in [9.17, 15) is 0 Å². The fraction of sp³-hybridized carbons (Fsp3) is 0. The molecule has 0 saturated carbocycles. The van der Waals surface area contributed by atoms with Gasteiger partial charge in [-0.25, -0.2) is 0 Å². The lowest BCUT2D eigenvalue weighted by Crippen LogP contribution is -1.89. The lowest BCUT2D eigenvalue weighted by atomic mass is 15.8. The summed E-state index contributed by atoms with van der Waals surface area (Å²) in [5, 5.41) is 0. The second-order valence-electron chi connectivity index (χ2n) is 0.896. The van der Waals surface area contributed by atoms with Crippen LogP contribution >= 0.6 is 0 Å². The molecular weight excluding hydrogens is 208 g/mol. The average Bonchev–Trinajstić information content (AvgIpc) is 1.12. The van der Waals surface area contributed by atoms with E-state index in [1.54, 1.807) is 0 Å². The van der Waals surface area contributed by atoms with Crippen LogP contribution in [0.15, 0.2) is 0 Å². The predicted molar refractivity (Wildman–Crippen MR) is 32.0 cm³/mol. The van der Waals surface area contributed by atoms with Crippen molar-refractivity contribution < 1.29 is 40.5 Å². The van der Waals surface area contributed by atoms with Crippen LogP contribution in [0.5, 0.6) is 0 Å². The summed E-state index contributed by atoms with van der Waals surface area (Å²) in [7, 11) is -9.33. The van der Waals surface area contributed by atoms with E-state index in [1.807, 2.05) is 0 Å². The zero-order valence-electron chi connectivity index (χ0n) is 4.74. The number of rotatable bonds is 0. The summed E-state index contributed by atoms with van der Waals surface area (Å²) in [4.78, 5) is 0. The van der Waals surface area contributed by atoms with Crippen LogP contribution in [0, 0.1) is 0 Å². The molecule has 6 N–H and O–H groups in total. The highest BCUT2D eigenvalue weighted by Crippen LogP contribution is 1.59. The van der Waals surface area contributed by atoms with Crippen molar-refractivity contribution in [3.63, 3.8) is 0 Å². The van der Waals surface area contributed by atoms with Crippen molar-refractivity contribution >= 4 is 20.8 Å². The Morgan fingerprint density at radius 1 is 0.636 bits per heavy atom. The molecule has 0 amide bonds. The maximum Gasteiger partial charge on any atom is 0.394 e. The first-order valence-corrected chi connectivity index (χ1v) is 4.19. The lowest BCUT2D eigenvalue weighted by Gasteiger charge is -1.68. The van der Waals surface area contributed by atoms with Gasteiger partial charge >= 0.3 is 20.8 Å². The molecule has 11 heavy (non-hydrogen) atoms. The molecule has 0 fully saturated rings. The van der Waals surface area contributed by atoms with Gasteiger partial charge in [-0.1, -0.05) is 0 Å². The van der Waals surface area contributed by atoms with Crippen molar-refractivity contribution in [3.8, 4) is 0 Å². The smallest absolute Gasteiger partial charge is 0.394 e. The summed E-state index contributed by atoms with van der Waals surface area (Å²) in [5.74, 6) is 0. The molecule has 0 rings (SSSR count). The van der Waals surface area contributed by atoms with E-state index in [0.717, 1.165) is 0 Å². The fourth-order valence-corrected chi connectivity index (χ4v) is 0. The van der Waals surface area contributed by atoms with Crippen LogP contribution in [-0.2, 0) is 20.8 Å². The van der Waals surface area contributed by atoms with E-state index in [4.69, 9.17) is 35.0 Å². The van der Waals surface area contributed by atoms with Crippen molar-refractivity contribution in [2.45, 2.75) is 0 Å². The molecule has 0 atom stereocenters. The first-order valence-electron chi connectivity index (χ1n) is 1.40. The summed E-state index contributed by atoms with van der Waals surface area (Å²) >= 11 is 0. The lowest BCUT2D eigenvalue weighted by molar-refractivity contribution is 0.378. The van der Waals surface area contributed by atoms with E-state index in [0.29, 0.717) is 0 Å². The molecular formula is H6O9S2. The highest BCUT2D eigenvalue weighted by atomic mass is 32.3. The van der Waals surface area contributed by atoms with Gasteiger partial charge in [-0.2, -0.15) is 16.8 Å². The van der Waals surface area contributed by atoms with Crippen molar-refractivity contribution in [2.75, 3.05) is 0 Å². The minimum Gasteiger partial charge on any atom is -0.412 e. The molecule has 11 heteroatoms. The molecule has 9 nitrogen and oxygen atoms in total. The molecule has 0 aliphatic heterocycles. The summed E-state index contributed by atoms with van der Waals surface area (Å²) in [6.45, 7) is 0. The Morgan fingerprint density at radius 3 is 0.636 bits per heavy atom. The molecule has 0 aliphatic carbocycles. The Hall–Kier alpha value is -0.300. The molecule has 0 heterocycles.